The van der Waals surface area contributed by atoms with E-state index < -0.39 is 38.7 Å². The lowest BCUT2D eigenvalue weighted by atomic mass is 9.93. The van der Waals surface area contributed by atoms with E-state index in [1.807, 2.05) is 0 Å². The van der Waals surface area contributed by atoms with Crippen molar-refractivity contribution < 1.29 is 32.2 Å². The first-order valence-electron chi connectivity index (χ1n) is 11.0. The Morgan fingerprint density at radius 3 is 2.27 bits per heavy atom. The van der Waals surface area contributed by atoms with Gasteiger partial charge in [-0.15, -0.1) is 5.92 Å². The molecule has 1 atom stereocenters. The van der Waals surface area contributed by atoms with Crippen molar-refractivity contribution in [3.05, 3.63) is 24.3 Å². The van der Waals surface area contributed by atoms with Gasteiger partial charge in [-0.3, -0.25) is 4.79 Å². The number of amides is 1. The third-order valence-electron chi connectivity index (χ3n) is 5.11. The second kappa shape index (κ2) is 11.4. The predicted molar refractivity (Wildman–Crippen MR) is 124 cm³/mol. The lowest BCUT2D eigenvalue weighted by Crippen LogP contribution is -2.47. The molecule has 182 valence electrons. The van der Waals surface area contributed by atoms with Crippen molar-refractivity contribution in [2.75, 3.05) is 26.3 Å². The molecule has 0 bridgehead atoms. The number of likely N-dealkylation sites (tertiary alicyclic amines) is 1. The minimum Gasteiger partial charge on any atom is -0.481 e. The molecule has 1 aromatic carbocycles. The minimum atomic E-state index is -4.02. The Morgan fingerprint density at radius 1 is 1.15 bits per heavy atom. The number of piperidine rings is 1. The first-order valence-corrected chi connectivity index (χ1v) is 12.5. The average Bonchev–Trinajstić information content (AvgIpc) is 2.74. The van der Waals surface area contributed by atoms with Crippen molar-refractivity contribution in [3.8, 4) is 17.6 Å². The Morgan fingerprint density at radius 2 is 1.76 bits per heavy atom. The fraction of sp³-hybridized carbons (Fsp3) is 0.583. The number of hydrogen-bond acceptors (Lipinski definition) is 7. The molecule has 2 rings (SSSR count). The largest absolute Gasteiger partial charge is 0.481 e. The minimum absolute atomic E-state index is 0.0176. The Hall–Kier alpha value is -2.73. The van der Waals surface area contributed by atoms with Crippen molar-refractivity contribution in [1.29, 1.82) is 0 Å². The number of carbonyl (C=O) groups is 2. The summed E-state index contributed by atoms with van der Waals surface area (Å²) in [6, 6.07) is 5.92. The first-order chi connectivity index (χ1) is 15.5. The Balaban J connectivity index is 2.19. The van der Waals surface area contributed by atoms with Crippen LogP contribution in [0, 0.1) is 17.8 Å². The van der Waals surface area contributed by atoms with Crippen LogP contribution >= 0.6 is 0 Å². The molecule has 1 aliphatic rings. The number of rotatable bonds is 7. The van der Waals surface area contributed by atoms with E-state index in [0.717, 1.165) is 0 Å². The zero-order valence-electron chi connectivity index (χ0n) is 19.9. The highest BCUT2D eigenvalue weighted by Gasteiger charge is 2.43. The lowest BCUT2D eigenvalue weighted by Gasteiger charge is -2.35. The third-order valence-corrected chi connectivity index (χ3v) is 7.29. The van der Waals surface area contributed by atoms with Gasteiger partial charge in [-0.1, -0.05) is 5.92 Å². The fourth-order valence-electron chi connectivity index (χ4n) is 3.57. The zero-order valence-corrected chi connectivity index (χ0v) is 20.7. The quantitative estimate of drug-likeness (QED) is 0.436. The number of hydrogen-bond donors (Lipinski definition) is 0. The molecule has 0 spiro atoms. The molecule has 33 heavy (non-hydrogen) atoms. The van der Waals surface area contributed by atoms with Gasteiger partial charge >= 0.3 is 12.1 Å². The Labute approximate surface area is 196 Å². The summed E-state index contributed by atoms with van der Waals surface area (Å²) in [6.07, 6.45) is 0.248. The molecule has 0 aromatic heterocycles. The van der Waals surface area contributed by atoms with Crippen LogP contribution in [-0.2, 0) is 24.1 Å². The molecule has 8 nitrogen and oxygen atoms in total. The number of benzene rings is 1. The lowest BCUT2D eigenvalue weighted by molar-refractivity contribution is -0.144. The van der Waals surface area contributed by atoms with E-state index in [-0.39, 0.29) is 18.1 Å². The van der Waals surface area contributed by atoms with E-state index in [4.69, 9.17) is 14.2 Å². The normalized spacial score (nSPS) is 15.7. The maximum atomic E-state index is 13.5. The van der Waals surface area contributed by atoms with Crippen LogP contribution in [0.25, 0.3) is 0 Å². The summed E-state index contributed by atoms with van der Waals surface area (Å²) in [5.74, 6) is 4.71. The van der Waals surface area contributed by atoms with Crippen LogP contribution in [-0.4, -0.2) is 62.5 Å². The molecular weight excluding hydrogens is 446 g/mol. The zero-order chi connectivity index (χ0) is 24.6. The molecule has 1 heterocycles. The monoisotopic (exact) mass is 479 g/mol. The van der Waals surface area contributed by atoms with Gasteiger partial charge in [-0.2, -0.15) is 0 Å². The maximum absolute atomic E-state index is 13.5. The molecule has 1 fully saturated rings. The van der Waals surface area contributed by atoms with Gasteiger partial charge < -0.3 is 19.1 Å². The number of nitrogens with zero attached hydrogens (tertiary/aromatic N) is 1. The van der Waals surface area contributed by atoms with Gasteiger partial charge in [0.1, 0.15) is 18.0 Å². The predicted octanol–water partition coefficient (Wildman–Crippen LogP) is 3.44. The van der Waals surface area contributed by atoms with E-state index in [2.05, 4.69) is 11.8 Å². The second-order valence-electron chi connectivity index (χ2n) is 8.71. The summed E-state index contributed by atoms with van der Waals surface area (Å²) in [5.41, 5.74) is -0.621. The summed E-state index contributed by atoms with van der Waals surface area (Å²) < 4.78 is 42.9. The molecule has 9 heteroatoms. The molecular formula is C24H33NO7S. The van der Waals surface area contributed by atoms with Crippen LogP contribution in [0.1, 0.15) is 47.5 Å². The summed E-state index contributed by atoms with van der Waals surface area (Å²) in [6.45, 7) is 9.58. The SMILES string of the molecule is CC#CCOc1ccc(S(=O)(=O)C(C(=O)OCC)C2CCN(C(=O)OC(C)(C)C)CC2)cc1. The van der Waals surface area contributed by atoms with Crippen molar-refractivity contribution in [2.24, 2.45) is 5.92 Å². The van der Waals surface area contributed by atoms with E-state index in [1.165, 1.54) is 24.3 Å². The third kappa shape index (κ3) is 7.39. The van der Waals surface area contributed by atoms with E-state index >= 15 is 0 Å². The number of ether oxygens (including phenoxy) is 3. The van der Waals surface area contributed by atoms with Crippen molar-refractivity contribution in [3.63, 3.8) is 0 Å². The average molecular weight is 480 g/mol. The number of esters is 1. The highest BCUT2D eigenvalue weighted by Crippen LogP contribution is 2.31. The maximum Gasteiger partial charge on any atom is 0.410 e. The molecule has 1 saturated heterocycles. The highest BCUT2D eigenvalue weighted by atomic mass is 32.2. The Bertz CT molecular complexity index is 976. The summed E-state index contributed by atoms with van der Waals surface area (Å²) in [7, 11) is -4.02. The summed E-state index contributed by atoms with van der Waals surface area (Å²) in [5, 5.41) is -1.35. The van der Waals surface area contributed by atoms with Gasteiger partial charge in [0.15, 0.2) is 15.1 Å². The first kappa shape index (κ1) is 26.5. The number of sulfone groups is 1. The van der Waals surface area contributed by atoms with Crippen LogP contribution in [0.4, 0.5) is 4.79 Å². The van der Waals surface area contributed by atoms with E-state index in [9.17, 15) is 18.0 Å². The standard InChI is InChI=1S/C24H33NO7S/c1-6-8-17-31-19-9-11-20(12-10-19)33(28,29)21(22(26)30-7-2)18-13-15-25(16-14-18)23(27)32-24(3,4)5/h9-12,18,21H,7,13-17H2,1-5H3. The smallest absolute Gasteiger partial charge is 0.410 e. The summed E-state index contributed by atoms with van der Waals surface area (Å²) in [4.78, 5) is 26.7. The fourth-order valence-corrected chi connectivity index (χ4v) is 5.48. The van der Waals surface area contributed by atoms with Crippen LogP contribution in [0.15, 0.2) is 29.2 Å². The van der Waals surface area contributed by atoms with Gasteiger partial charge in [0, 0.05) is 13.1 Å². The molecule has 1 aliphatic heterocycles. The molecule has 1 unspecified atom stereocenters. The van der Waals surface area contributed by atoms with Crippen molar-refractivity contribution >= 4 is 21.9 Å². The molecule has 0 aliphatic carbocycles. The van der Waals surface area contributed by atoms with Gasteiger partial charge in [0.2, 0.25) is 0 Å². The molecule has 0 saturated carbocycles. The topological polar surface area (TPSA) is 99.2 Å². The van der Waals surface area contributed by atoms with Gasteiger partial charge in [-0.05, 0) is 77.6 Å². The van der Waals surface area contributed by atoms with E-state index in [0.29, 0.717) is 31.7 Å². The highest BCUT2D eigenvalue weighted by molar-refractivity contribution is 7.92. The molecule has 0 N–H and O–H groups in total. The van der Waals surface area contributed by atoms with Gasteiger partial charge in [0.05, 0.1) is 11.5 Å². The van der Waals surface area contributed by atoms with Crippen LogP contribution in [0.2, 0.25) is 0 Å². The van der Waals surface area contributed by atoms with Crippen molar-refractivity contribution in [2.45, 2.75) is 63.2 Å². The van der Waals surface area contributed by atoms with Gasteiger partial charge in [0.25, 0.3) is 0 Å². The number of carbonyl (C=O) groups excluding carboxylic acids is 2. The summed E-state index contributed by atoms with van der Waals surface area (Å²) >= 11 is 0. The van der Waals surface area contributed by atoms with E-state index in [1.54, 1.807) is 39.5 Å². The van der Waals surface area contributed by atoms with Crippen LogP contribution in [0.5, 0.6) is 5.75 Å². The molecule has 1 aromatic rings. The molecule has 1 amide bonds. The van der Waals surface area contributed by atoms with Crippen LogP contribution in [0.3, 0.4) is 0 Å². The molecule has 0 radical (unpaired) electrons. The Kier molecular flexibility index (Phi) is 9.17. The van der Waals surface area contributed by atoms with Crippen LogP contribution < -0.4 is 4.74 Å². The van der Waals surface area contributed by atoms with Crippen molar-refractivity contribution in [1.82, 2.24) is 4.90 Å². The second-order valence-corrected chi connectivity index (χ2v) is 10.8. The van der Waals surface area contributed by atoms with Gasteiger partial charge in [-0.25, -0.2) is 13.2 Å².